The van der Waals surface area contributed by atoms with Gasteiger partial charge in [-0.25, -0.2) is 8.42 Å². The fourth-order valence-electron chi connectivity index (χ4n) is 1.75. The van der Waals surface area contributed by atoms with Crippen LogP contribution in [0.3, 0.4) is 0 Å². The van der Waals surface area contributed by atoms with Crippen LogP contribution in [0.4, 0.5) is 0 Å². The Balaban J connectivity index is 2.35. The van der Waals surface area contributed by atoms with E-state index in [1.165, 1.54) is 15.6 Å². The number of nitrogens with zero attached hydrogens (tertiary/aromatic N) is 1. The maximum absolute atomic E-state index is 12.6. The number of ether oxygens (including phenoxy) is 1. The average Bonchev–Trinajstić information content (AvgIpc) is 2.70. The summed E-state index contributed by atoms with van der Waals surface area (Å²) in [6, 6.07) is 1.58. The van der Waals surface area contributed by atoms with Crippen molar-refractivity contribution in [3.05, 3.63) is 15.4 Å². The molecule has 1 aromatic heterocycles. The second-order valence-electron chi connectivity index (χ2n) is 4.02. The van der Waals surface area contributed by atoms with Crippen LogP contribution in [0.15, 0.2) is 14.1 Å². The Bertz CT molecular complexity index is 510. The van der Waals surface area contributed by atoms with Crippen molar-refractivity contribution in [3.8, 4) is 0 Å². The van der Waals surface area contributed by atoms with Crippen molar-refractivity contribution in [2.45, 2.75) is 17.2 Å². The molecule has 1 atom stereocenters. The Hall–Kier alpha value is 0.530. The molecule has 1 aliphatic heterocycles. The summed E-state index contributed by atoms with van der Waals surface area (Å²) in [6.07, 6.45) is 0. The molecule has 2 rings (SSSR count). The minimum atomic E-state index is -3.41. The molecular weight excluding hydrogens is 406 g/mol. The first-order valence-corrected chi connectivity index (χ1v) is 9.55. The molecule has 0 aromatic carbocycles. The number of halogens is 2. The third-order valence-electron chi connectivity index (χ3n) is 2.75. The zero-order chi connectivity index (χ0) is 13.3. The van der Waals surface area contributed by atoms with E-state index < -0.39 is 10.0 Å². The highest BCUT2D eigenvalue weighted by molar-refractivity contribution is 9.11. The second kappa shape index (κ2) is 5.88. The number of thiophene rings is 1. The van der Waals surface area contributed by atoms with E-state index in [0.717, 1.165) is 9.35 Å². The van der Waals surface area contributed by atoms with Gasteiger partial charge in [-0.05, 0) is 34.5 Å². The minimum absolute atomic E-state index is 0.134. The van der Waals surface area contributed by atoms with Crippen LogP contribution in [0.2, 0.25) is 0 Å². The summed E-state index contributed by atoms with van der Waals surface area (Å²) >= 11 is 7.97. The molecule has 0 spiro atoms. The van der Waals surface area contributed by atoms with Crippen LogP contribution in [0.25, 0.3) is 0 Å². The lowest BCUT2D eigenvalue weighted by atomic mass is 10.3. The van der Waals surface area contributed by atoms with Crippen molar-refractivity contribution >= 4 is 53.2 Å². The maximum atomic E-state index is 12.6. The standard InChI is InChI=1S/C10H13Br2NO3S2/c1-7-4-9(17-10(7)12)18(14,15)13-2-3-16-6-8(13)5-11/h4,8H,2-3,5-6H2,1H3. The van der Waals surface area contributed by atoms with Crippen molar-refractivity contribution in [3.63, 3.8) is 0 Å². The Kier molecular flexibility index (Phi) is 4.88. The monoisotopic (exact) mass is 417 g/mol. The SMILES string of the molecule is Cc1cc(S(=O)(=O)N2CCOCC2CBr)sc1Br. The summed E-state index contributed by atoms with van der Waals surface area (Å²) in [4.78, 5) is 0. The fourth-order valence-corrected chi connectivity index (χ4v) is 6.43. The van der Waals surface area contributed by atoms with E-state index in [1.807, 2.05) is 6.92 Å². The van der Waals surface area contributed by atoms with Gasteiger partial charge in [0.1, 0.15) is 4.21 Å². The summed E-state index contributed by atoms with van der Waals surface area (Å²) in [7, 11) is -3.41. The van der Waals surface area contributed by atoms with Crippen LogP contribution in [0.1, 0.15) is 5.56 Å². The topological polar surface area (TPSA) is 46.6 Å². The van der Waals surface area contributed by atoms with Crippen LogP contribution in [0, 0.1) is 6.92 Å². The van der Waals surface area contributed by atoms with Gasteiger partial charge in [0.25, 0.3) is 10.0 Å². The number of morpholine rings is 1. The van der Waals surface area contributed by atoms with E-state index in [4.69, 9.17) is 4.74 Å². The molecule has 0 bridgehead atoms. The molecule has 0 saturated carbocycles. The zero-order valence-electron chi connectivity index (χ0n) is 9.73. The van der Waals surface area contributed by atoms with Gasteiger partial charge >= 0.3 is 0 Å². The molecular formula is C10H13Br2NO3S2. The van der Waals surface area contributed by atoms with Gasteiger partial charge in [-0.1, -0.05) is 15.9 Å². The van der Waals surface area contributed by atoms with Gasteiger partial charge in [0.05, 0.1) is 23.0 Å². The van der Waals surface area contributed by atoms with Crippen molar-refractivity contribution in [2.75, 3.05) is 25.1 Å². The molecule has 2 heterocycles. The lowest BCUT2D eigenvalue weighted by Gasteiger charge is -2.32. The highest BCUT2D eigenvalue weighted by Gasteiger charge is 2.34. The maximum Gasteiger partial charge on any atom is 0.253 e. The fraction of sp³-hybridized carbons (Fsp3) is 0.600. The highest BCUT2D eigenvalue weighted by atomic mass is 79.9. The largest absolute Gasteiger partial charge is 0.378 e. The molecule has 0 amide bonds. The summed E-state index contributed by atoms with van der Waals surface area (Å²) < 4.78 is 33.2. The number of alkyl halides is 1. The number of sulfonamides is 1. The zero-order valence-corrected chi connectivity index (χ0v) is 14.5. The lowest BCUT2D eigenvalue weighted by Crippen LogP contribution is -2.49. The smallest absolute Gasteiger partial charge is 0.253 e. The normalized spacial score (nSPS) is 22.3. The van der Waals surface area contributed by atoms with E-state index in [9.17, 15) is 8.42 Å². The van der Waals surface area contributed by atoms with Crippen LogP contribution < -0.4 is 0 Å². The molecule has 1 unspecified atom stereocenters. The van der Waals surface area contributed by atoms with Crippen molar-refractivity contribution in [2.24, 2.45) is 0 Å². The van der Waals surface area contributed by atoms with E-state index in [0.29, 0.717) is 29.3 Å². The first-order chi connectivity index (χ1) is 8.46. The van der Waals surface area contributed by atoms with Gasteiger partial charge in [0, 0.05) is 11.9 Å². The Morgan fingerprint density at radius 2 is 2.33 bits per heavy atom. The highest BCUT2D eigenvalue weighted by Crippen LogP contribution is 2.33. The second-order valence-corrected chi connectivity index (χ2v) is 9.16. The molecule has 1 saturated heterocycles. The van der Waals surface area contributed by atoms with Gasteiger partial charge in [0.15, 0.2) is 0 Å². The number of hydrogen-bond donors (Lipinski definition) is 0. The first kappa shape index (κ1) is 14.9. The van der Waals surface area contributed by atoms with Crippen LogP contribution in [-0.2, 0) is 14.8 Å². The number of aryl methyl sites for hydroxylation is 1. The summed E-state index contributed by atoms with van der Waals surface area (Å²) in [5.41, 5.74) is 0.947. The molecule has 0 radical (unpaired) electrons. The van der Waals surface area contributed by atoms with E-state index in [1.54, 1.807) is 6.07 Å². The molecule has 0 N–H and O–H groups in total. The summed E-state index contributed by atoms with van der Waals surface area (Å²) in [6.45, 7) is 3.19. The molecule has 1 fully saturated rings. The quantitative estimate of drug-likeness (QED) is 0.708. The molecule has 1 aliphatic rings. The molecule has 0 aliphatic carbocycles. The molecule has 1 aromatic rings. The van der Waals surface area contributed by atoms with Crippen molar-refractivity contribution in [1.29, 1.82) is 0 Å². The Labute approximate surface area is 128 Å². The van der Waals surface area contributed by atoms with E-state index >= 15 is 0 Å². The number of hydrogen-bond acceptors (Lipinski definition) is 4. The molecule has 4 nitrogen and oxygen atoms in total. The van der Waals surface area contributed by atoms with E-state index in [-0.39, 0.29) is 6.04 Å². The Morgan fingerprint density at radius 1 is 1.61 bits per heavy atom. The minimum Gasteiger partial charge on any atom is -0.378 e. The van der Waals surface area contributed by atoms with Gasteiger partial charge in [-0.3, -0.25) is 0 Å². The van der Waals surface area contributed by atoms with Gasteiger partial charge < -0.3 is 4.74 Å². The van der Waals surface area contributed by atoms with Crippen LogP contribution in [0.5, 0.6) is 0 Å². The van der Waals surface area contributed by atoms with Crippen molar-refractivity contribution in [1.82, 2.24) is 4.31 Å². The van der Waals surface area contributed by atoms with E-state index in [2.05, 4.69) is 31.9 Å². The summed E-state index contributed by atoms with van der Waals surface area (Å²) in [5, 5.41) is 0.581. The van der Waals surface area contributed by atoms with Gasteiger partial charge in [-0.2, -0.15) is 4.31 Å². The first-order valence-electron chi connectivity index (χ1n) is 5.38. The lowest BCUT2D eigenvalue weighted by molar-refractivity contribution is 0.0414. The number of rotatable bonds is 3. The predicted molar refractivity (Wildman–Crippen MR) is 79.0 cm³/mol. The average molecular weight is 419 g/mol. The van der Waals surface area contributed by atoms with Crippen molar-refractivity contribution < 1.29 is 13.2 Å². The third kappa shape index (κ3) is 2.83. The Morgan fingerprint density at radius 3 is 2.89 bits per heavy atom. The van der Waals surface area contributed by atoms with Gasteiger partial charge in [-0.15, -0.1) is 11.3 Å². The summed E-state index contributed by atoms with van der Waals surface area (Å²) in [5.74, 6) is 0. The molecule has 18 heavy (non-hydrogen) atoms. The van der Waals surface area contributed by atoms with Crippen LogP contribution in [-0.4, -0.2) is 43.9 Å². The van der Waals surface area contributed by atoms with Crippen LogP contribution >= 0.6 is 43.2 Å². The van der Waals surface area contributed by atoms with Gasteiger partial charge in [0.2, 0.25) is 0 Å². The molecule has 102 valence electrons. The molecule has 8 heteroatoms. The third-order valence-corrected chi connectivity index (χ3v) is 8.03. The predicted octanol–water partition coefficient (Wildman–Crippen LogP) is 2.60.